The molecule has 0 radical (unpaired) electrons. The summed E-state index contributed by atoms with van der Waals surface area (Å²) >= 11 is 12.3. The van der Waals surface area contributed by atoms with E-state index in [1.165, 1.54) is 60.9 Å². The number of rotatable bonds is 5. The van der Waals surface area contributed by atoms with Gasteiger partial charge >= 0.3 is 0 Å². The summed E-state index contributed by atoms with van der Waals surface area (Å²) < 4.78 is 0. The molecule has 138 valence electrons. The Kier molecular flexibility index (Phi) is 5.87. The zero-order chi connectivity index (χ0) is 18.0. The van der Waals surface area contributed by atoms with Crippen LogP contribution < -0.4 is 10.6 Å². The van der Waals surface area contributed by atoms with Crippen molar-refractivity contribution in [1.29, 1.82) is 0 Å². The van der Waals surface area contributed by atoms with Crippen LogP contribution in [0.5, 0.6) is 0 Å². The lowest BCUT2D eigenvalue weighted by atomic mass is 9.95. The smallest absolute Gasteiger partial charge is 0.0142 e. The zero-order valence-corrected chi connectivity index (χ0v) is 18.7. The highest BCUT2D eigenvalue weighted by atomic mass is 32.4. The first-order valence-electron chi connectivity index (χ1n) is 9.85. The van der Waals surface area contributed by atoms with Gasteiger partial charge in [0.2, 0.25) is 0 Å². The third-order valence-electron chi connectivity index (χ3n) is 6.34. The van der Waals surface area contributed by atoms with E-state index >= 15 is 0 Å². The first-order chi connectivity index (χ1) is 12.6. The number of hydrogen-bond donors (Lipinski definition) is 0. The maximum Gasteiger partial charge on any atom is -0.0142 e. The average molecular weight is 419 g/mol. The molecule has 0 bridgehead atoms. The molecule has 0 nitrogen and oxygen atoms in total. The molecule has 2 aliphatic rings. The largest absolute Gasteiger partial charge is 0.0926 e. The van der Waals surface area contributed by atoms with Gasteiger partial charge in [-0.1, -0.05) is 84.3 Å². The summed E-state index contributed by atoms with van der Waals surface area (Å²) in [5.74, 6) is 1.72. The quantitative estimate of drug-likeness (QED) is 0.595. The standard InChI is InChI=1S/C22H28P2S2/c25-23(21-7-3-1-4-8-21)15-13-19(17-23)11-12-20-14-16-24(26,18-20)22-9-5-2-6-10-22/h1-10,19-20H,11-18H2. The molecule has 0 spiro atoms. The summed E-state index contributed by atoms with van der Waals surface area (Å²) in [6.07, 6.45) is 10.6. The van der Waals surface area contributed by atoms with Crippen molar-refractivity contribution in [3.8, 4) is 0 Å². The van der Waals surface area contributed by atoms with Gasteiger partial charge in [-0.05, 0) is 84.9 Å². The average Bonchev–Trinajstić information content (AvgIpc) is 3.26. The molecule has 4 atom stereocenters. The van der Waals surface area contributed by atoms with Crippen LogP contribution in [0.15, 0.2) is 60.7 Å². The fraction of sp³-hybridized carbons (Fsp3) is 0.455. The Bertz CT molecular complexity index is 760. The maximum absolute atomic E-state index is 6.16. The maximum atomic E-state index is 6.16. The highest BCUT2D eigenvalue weighted by molar-refractivity contribution is 8.18. The normalized spacial score (nSPS) is 34.2. The Labute approximate surface area is 168 Å². The molecule has 2 heterocycles. The molecule has 0 saturated carbocycles. The van der Waals surface area contributed by atoms with E-state index in [2.05, 4.69) is 60.7 Å². The summed E-state index contributed by atoms with van der Waals surface area (Å²) in [7, 11) is 0. The van der Waals surface area contributed by atoms with E-state index in [1.807, 2.05) is 0 Å². The van der Waals surface area contributed by atoms with Gasteiger partial charge in [0.1, 0.15) is 0 Å². The molecule has 0 N–H and O–H groups in total. The van der Waals surface area contributed by atoms with Gasteiger partial charge < -0.3 is 0 Å². The summed E-state index contributed by atoms with van der Waals surface area (Å²) in [6.45, 7) is 0. The number of benzene rings is 2. The van der Waals surface area contributed by atoms with E-state index in [0.29, 0.717) is 0 Å². The SMILES string of the molecule is S=P1(c2ccccc2)CCC(CCC2CCP(=S)(c3ccccc3)C2)C1. The van der Waals surface area contributed by atoms with Crippen molar-refractivity contribution in [3.05, 3.63) is 60.7 Å². The summed E-state index contributed by atoms with van der Waals surface area (Å²) in [4.78, 5) is 0. The van der Waals surface area contributed by atoms with Crippen molar-refractivity contribution in [1.82, 2.24) is 0 Å². The second-order valence-electron chi connectivity index (χ2n) is 8.15. The van der Waals surface area contributed by atoms with Crippen LogP contribution in [0.1, 0.15) is 25.7 Å². The number of hydrogen-bond acceptors (Lipinski definition) is 2. The summed E-state index contributed by atoms with van der Waals surface area (Å²) in [5, 5.41) is 2.94. The highest BCUT2D eigenvalue weighted by Gasteiger charge is 2.34. The van der Waals surface area contributed by atoms with Crippen LogP contribution in [0.3, 0.4) is 0 Å². The van der Waals surface area contributed by atoms with Gasteiger partial charge in [0.05, 0.1) is 0 Å². The van der Waals surface area contributed by atoms with Crippen LogP contribution in [0, 0.1) is 11.8 Å². The van der Waals surface area contributed by atoms with Gasteiger partial charge in [-0.3, -0.25) is 0 Å². The van der Waals surface area contributed by atoms with Crippen molar-refractivity contribution in [3.63, 3.8) is 0 Å². The molecule has 4 rings (SSSR count). The Hall–Kier alpha value is -0.260. The molecule has 4 heteroatoms. The third-order valence-corrected chi connectivity index (χ3v) is 16.2. The minimum absolute atomic E-state index is 0.858. The van der Waals surface area contributed by atoms with E-state index in [1.54, 1.807) is 0 Å². The van der Waals surface area contributed by atoms with Gasteiger partial charge in [0.25, 0.3) is 0 Å². The lowest BCUT2D eigenvalue weighted by molar-refractivity contribution is 0.442. The molecular weight excluding hydrogens is 390 g/mol. The van der Waals surface area contributed by atoms with E-state index in [0.717, 1.165) is 11.8 Å². The highest BCUT2D eigenvalue weighted by Crippen LogP contribution is 2.57. The van der Waals surface area contributed by atoms with Gasteiger partial charge in [-0.2, -0.15) is 0 Å². The molecular formula is C22H28P2S2. The minimum atomic E-state index is -1.29. The molecule has 2 fully saturated rings. The van der Waals surface area contributed by atoms with Crippen LogP contribution in [-0.4, -0.2) is 24.6 Å². The molecule has 0 aromatic heterocycles. The summed E-state index contributed by atoms with van der Waals surface area (Å²) in [5.41, 5.74) is 0. The van der Waals surface area contributed by atoms with Gasteiger partial charge in [-0.15, -0.1) is 0 Å². The minimum Gasteiger partial charge on any atom is -0.0926 e. The molecule has 0 amide bonds. The topological polar surface area (TPSA) is 0 Å². The Morgan fingerprint density at radius 1 is 0.654 bits per heavy atom. The van der Waals surface area contributed by atoms with E-state index in [9.17, 15) is 0 Å². The first kappa shape index (κ1) is 19.1. The second kappa shape index (κ2) is 8.00. The van der Waals surface area contributed by atoms with Crippen molar-refractivity contribution in [2.24, 2.45) is 11.8 Å². The Morgan fingerprint density at radius 2 is 1.04 bits per heavy atom. The van der Waals surface area contributed by atoms with Gasteiger partial charge in [0, 0.05) is 0 Å². The Balaban J connectivity index is 1.32. The van der Waals surface area contributed by atoms with Gasteiger partial charge in [-0.25, -0.2) is 0 Å². The van der Waals surface area contributed by atoms with Crippen LogP contribution >= 0.6 is 12.1 Å². The van der Waals surface area contributed by atoms with Crippen LogP contribution in [0.2, 0.25) is 0 Å². The second-order valence-corrected chi connectivity index (χ2v) is 18.6. The van der Waals surface area contributed by atoms with Crippen molar-refractivity contribution >= 4 is 46.3 Å². The molecule has 2 aromatic carbocycles. The molecule has 4 unspecified atom stereocenters. The van der Waals surface area contributed by atoms with E-state index in [-0.39, 0.29) is 0 Å². The predicted octanol–water partition coefficient (Wildman–Crippen LogP) is 5.42. The van der Waals surface area contributed by atoms with Crippen LogP contribution in [0.25, 0.3) is 0 Å². The van der Waals surface area contributed by atoms with Crippen molar-refractivity contribution in [2.45, 2.75) is 25.7 Å². The first-order valence-corrected chi connectivity index (χ1v) is 16.2. The lowest BCUT2D eigenvalue weighted by Gasteiger charge is -2.19. The van der Waals surface area contributed by atoms with E-state index in [4.69, 9.17) is 23.6 Å². The molecule has 26 heavy (non-hydrogen) atoms. The zero-order valence-electron chi connectivity index (χ0n) is 15.3. The molecule has 2 aliphatic heterocycles. The fourth-order valence-corrected chi connectivity index (χ4v) is 14.1. The predicted molar refractivity (Wildman–Crippen MR) is 126 cm³/mol. The van der Waals surface area contributed by atoms with Crippen molar-refractivity contribution in [2.75, 3.05) is 24.6 Å². The third kappa shape index (κ3) is 4.10. The fourth-order valence-electron chi connectivity index (χ4n) is 4.79. The lowest BCUT2D eigenvalue weighted by Crippen LogP contribution is -2.09. The van der Waals surface area contributed by atoms with E-state index < -0.39 is 12.1 Å². The molecule has 0 aliphatic carbocycles. The van der Waals surface area contributed by atoms with Crippen LogP contribution in [-0.2, 0) is 23.6 Å². The summed E-state index contributed by atoms with van der Waals surface area (Å²) in [6, 6.07) is 19.4. The van der Waals surface area contributed by atoms with Gasteiger partial charge in [0.15, 0.2) is 0 Å². The Morgan fingerprint density at radius 3 is 1.42 bits per heavy atom. The van der Waals surface area contributed by atoms with Crippen LogP contribution in [0.4, 0.5) is 0 Å². The molecule has 2 aromatic rings. The monoisotopic (exact) mass is 418 g/mol. The molecule has 2 saturated heterocycles. The van der Waals surface area contributed by atoms with Crippen molar-refractivity contribution < 1.29 is 0 Å².